The normalized spacial score (nSPS) is 13.6. The van der Waals surface area contributed by atoms with Crippen molar-refractivity contribution in [2.45, 2.75) is 57.6 Å². The molecule has 0 saturated heterocycles. The molecule has 0 aromatic heterocycles. The Morgan fingerprint density at radius 3 is 1.48 bits per heavy atom. The number of rotatable bonds is 18. The highest BCUT2D eigenvalue weighted by Crippen LogP contribution is 2.32. The van der Waals surface area contributed by atoms with Crippen LogP contribution in [0.15, 0.2) is 121 Å². The van der Waals surface area contributed by atoms with Gasteiger partial charge in [0.05, 0.1) is 39.6 Å². The van der Waals surface area contributed by atoms with E-state index in [-0.39, 0.29) is 39.6 Å². The van der Waals surface area contributed by atoms with E-state index in [2.05, 4.69) is 0 Å². The van der Waals surface area contributed by atoms with E-state index in [1.54, 1.807) is 24.3 Å². The Morgan fingerprint density at radius 1 is 0.614 bits per heavy atom. The molecule has 0 bridgehead atoms. The molecular weight excluding hydrogens is 566 g/mol. The van der Waals surface area contributed by atoms with E-state index in [9.17, 15) is 4.79 Å². The lowest BCUT2D eigenvalue weighted by Gasteiger charge is -2.36. The second-order valence-corrected chi connectivity index (χ2v) is 10.2. The average molecular weight is 605 g/mol. The van der Waals surface area contributed by atoms with E-state index < -0.39 is 30.2 Å². The molecule has 0 amide bonds. The van der Waals surface area contributed by atoms with Gasteiger partial charge in [0.2, 0.25) is 0 Å². The van der Waals surface area contributed by atoms with E-state index in [1.807, 2.05) is 97.1 Å². The molecular formula is C36H38F2O6. The maximum atomic E-state index is 16.1. The lowest BCUT2D eigenvalue weighted by Crippen LogP contribution is -2.56. The summed E-state index contributed by atoms with van der Waals surface area (Å²) in [5.74, 6) is -5.77. The summed E-state index contributed by atoms with van der Waals surface area (Å²) in [6, 6.07) is 36.9. The van der Waals surface area contributed by atoms with Gasteiger partial charge < -0.3 is 23.7 Å². The molecule has 0 N–H and O–H groups in total. The van der Waals surface area contributed by atoms with Crippen molar-refractivity contribution in [3.05, 3.63) is 144 Å². The van der Waals surface area contributed by atoms with Crippen LogP contribution >= 0.6 is 0 Å². The number of alkyl halides is 2. The number of hydrogen-bond donors (Lipinski definition) is 0. The van der Waals surface area contributed by atoms with Gasteiger partial charge in [-0.05, 0) is 29.2 Å². The van der Waals surface area contributed by atoms with E-state index in [0.29, 0.717) is 5.56 Å². The van der Waals surface area contributed by atoms with E-state index in [0.717, 1.165) is 16.7 Å². The molecule has 0 aliphatic heterocycles. The molecule has 0 fully saturated rings. The average Bonchev–Trinajstić information content (AvgIpc) is 3.06. The zero-order chi connectivity index (χ0) is 31.0. The minimum Gasteiger partial charge on any atom is -0.461 e. The SMILES string of the molecule is CCOC(=O)C(F)(F)[C@H](OCc1ccccc1)[C@@H](OCc1ccccc1)[C@H](COCc1ccccc1)OCc1ccccc1. The van der Waals surface area contributed by atoms with Crippen molar-refractivity contribution in [1.29, 1.82) is 0 Å². The monoisotopic (exact) mass is 604 g/mol. The van der Waals surface area contributed by atoms with Crippen molar-refractivity contribution in [1.82, 2.24) is 0 Å². The number of halogens is 2. The summed E-state index contributed by atoms with van der Waals surface area (Å²) < 4.78 is 61.4. The number of benzene rings is 4. The van der Waals surface area contributed by atoms with Gasteiger partial charge in [-0.15, -0.1) is 0 Å². The van der Waals surface area contributed by atoms with Crippen molar-refractivity contribution in [2.24, 2.45) is 0 Å². The lowest BCUT2D eigenvalue weighted by molar-refractivity contribution is -0.238. The summed E-state index contributed by atoms with van der Waals surface area (Å²) in [5.41, 5.74) is 3.15. The molecule has 6 nitrogen and oxygen atoms in total. The molecule has 0 unspecified atom stereocenters. The number of esters is 1. The highest BCUT2D eigenvalue weighted by molar-refractivity contribution is 5.78. The van der Waals surface area contributed by atoms with Crippen molar-refractivity contribution in [3.8, 4) is 0 Å². The molecule has 232 valence electrons. The molecule has 0 aliphatic rings. The van der Waals surface area contributed by atoms with E-state index in [4.69, 9.17) is 23.7 Å². The third-order valence-corrected chi connectivity index (χ3v) is 6.83. The molecule has 8 heteroatoms. The number of carbonyl (C=O) groups is 1. The quantitative estimate of drug-likeness (QED) is 0.112. The first-order valence-electron chi connectivity index (χ1n) is 14.6. The summed E-state index contributed by atoms with van der Waals surface area (Å²) >= 11 is 0. The van der Waals surface area contributed by atoms with Crippen LogP contribution < -0.4 is 0 Å². The predicted molar refractivity (Wildman–Crippen MR) is 163 cm³/mol. The Balaban J connectivity index is 1.68. The highest BCUT2D eigenvalue weighted by atomic mass is 19.3. The zero-order valence-electron chi connectivity index (χ0n) is 24.7. The summed E-state index contributed by atoms with van der Waals surface area (Å²) in [7, 11) is 0. The summed E-state index contributed by atoms with van der Waals surface area (Å²) in [5, 5.41) is 0. The molecule has 4 aromatic carbocycles. The van der Waals surface area contributed by atoms with Gasteiger partial charge >= 0.3 is 11.9 Å². The van der Waals surface area contributed by atoms with Crippen molar-refractivity contribution in [2.75, 3.05) is 13.2 Å². The highest BCUT2D eigenvalue weighted by Gasteiger charge is 2.56. The van der Waals surface area contributed by atoms with Gasteiger partial charge in [-0.1, -0.05) is 121 Å². The van der Waals surface area contributed by atoms with Gasteiger partial charge in [0.25, 0.3) is 0 Å². The van der Waals surface area contributed by atoms with Crippen LogP contribution in [0.3, 0.4) is 0 Å². The van der Waals surface area contributed by atoms with Crippen LogP contribution in [0.25, 0.3) is 0 Å². The fraction of sp³-hybridized carbons (Fsp3) is 0.306. The fourth-order valence-corrected chi connectivity index (χ4v) is 4.55. The molecule has 3 atom stereocenters. The smallest absolute Gasteiger partial charge is 0.379 e. The summed E-state index contributed by atoms with van der Waals surface area (Å²) in [6.45, 7) is 1.25. The number of ether oxygens (including phenoxy) is 5. The maximum Gasteiger partial charge on any atom is 0.379 e. The predicted octanol–water partition coefficient (Wildman–Crippen LogP) is 7.16. The van der Waals surface area contributed by atoms with Gasteiger partial charge in [0.1, 0.15) is 12.2 Å². The van der Waals surface area contributed by atoms with Crippen LogP contribution in [0, 0.1) is 0 Å². The first kappa shape index (κ1) is 33.0. The molecule has 4 aromatic rings. The van der Waals surface area contributed by atoms with Gasteiger partial charge in [0.15, 0.2) is 6.10 Å². The van der Waals surface area contributed by atoms with Gasteiger partial charge in [-0.25, -0.2) is 4.79 Å². The lowest BCUT2D eigenvalue weighted by atomic mass is 10.0. The molecule has 44 heavy (non-hydrogen) atoms. The molecule has 0 aliphatic carbocycles. The van der Waals surface area contributed by atoms with Crippen LogP contribution in [-0.4, -0.2) is 43.4 Å². The largest absolute Gasteiger partial charge is 0.461 e. The first-order valence-corrected chi connectivity index (χ1v) is 14.6. The molecule has 4 rings (SSSR count). The van der Waals surface area contributed by atoms with Crippen LogP contribution in [0.2, 0.25) is 0 Å². The Hall–Kier alpha value is -3.95. The van der Waals surface area contributed by atoms with E-state index >= 15 is 8.78 Å². The van der Waals surface area contributed by atoms with Gasteiger partial charge in [-0.2, -0.15) is 8.78 Å². The van der Waals surface area contributed by atoms with Crippen molar-refractivity contribution in [3.63, 3.8) is 0 Å². The Kier molecular flexibility index (Phi) is 13.0. The third kappa shape index (κ3) is 10.1. The molecule has 0 spiro atoms. The van der Waals surface area contributed by atoms with Crippen LogP contribution in [0.4, 0.5) is 8.78 Å². The summed E-state index contributed by atoms with van der Waals surface area (Å²) in [6.07, 6.45) is -4.55. The standard InChI is InChI=1S/C36H38F2O6/c1-2-41-35(39)36(37,38)34(44-26-31-21-13-6-14-22-31)33(43-25-30-19-11-5-12-20-30)32(42-24-29-17-9-4-10-18-29)27-40-23-28-15-7-3-8-16-28/h3-22,32-34H,2,23-27H2,1H3/t32-,33-,34+/m0/s1. The van der Waals surface area contributed by atoms with Crippen molar-refractivity contribution < 1.29 is 37.3 Å². The Labute approximate surface area is 257 Å². The summed E-state index contributed by atoms with van der Waals surface area (Å²) in [4.78, 5) is 12.7. The van der Waals surface area contributed by atoms with Crippen LogP contribution in [0.5, 0.6) is 0 Å². The Morgan fingerprint density at radius 2 is 1.02 bits per heavy atom. The maximum absolute atomic E-state index is 16.1. The van der Waals surface area contributed by atoms with Gasteiger partial charge in [0, 0.05) is 0 Å². The first-order chi connectivity index (χ1) is 21.5. The number of carbonyl (C=O) groups excluding carboxylic acids is 1. The number of hydrogen-bond acceptors (Lipinski definition) is 6. The molecule has 0 heterocycles. The fourth-order valence-electron chi connectivity index (χ4n) is 4.55. The minimum absolute atomic E-state index is 0.0283. The van der Waals surface area contributed by atoms with Crippen LogP contribution in [-0.2, 0) is 54.9 Å². The second-order valence-electron chi connectivity index (χ2n) is 10.2. The van der Waals surface area contributed by atoms with Crippen LogP contribution in [0.1, 0.15) is 29.2 Å². The molecule has 0 radical (unpaired) electrons. The van der Waals surface area contributed by atoms with E-state index in [1.165, 1.54) is 6.92 Å². The topological polar surface area (TPSA) is 63.2 Å². The Bertz CT molecular complexity index is 1360. The van der Waals surface area contributed by atoms with Crippen molar-refractivity contribution >= 4 is 5.97 Å². The third-order valence-electron chi connectivity index (χ3n) is 6.83. The zero-order valence-corrected chi connectivity index (χ0v) is 24.7. The minimum atomic E-state index is -4.07. The second kappa shape index (κ2) is 17.4. The van der Waals surface area contributed by atoms with Gasteiger partial charge in [-0.3, -0.25) is 0 Å². The molecule has 0 saturated carbocycles.